The molecular formula is C51H58N12O6. The van der Waals surface area contributed by atoms with Crippen LogP contribution in [0.15, 0.2) is 83.8 Å². The van der Waals surface area contributed by atoms with Crippen LogP contribution >= 0.6 is 0 Å². The zero-order valence-corrected chi connectivity index (χ0v) is 38.9. The number of aromatic nitrogens is 5. The smallest absolute Gasteiger partial charge is 0.278 e. The fraction of sp³-hybridized carbons (Fsp3) is 0.451. The topological polar surface area (TPSA) is 194 Å². The first kappa shape index (κ1) is 44.7. The minimum absolute atomic E-state index is 0.0990. The van der Waals surface area contributed by atoms with E-state index >= 15 is 0 Å². The molecule has 6 aliphatic rings. The van der Waals surface area contributed by atoms with Crippen LogP contribution < -0.4 is 26.0 Å². The van der Waals surface area contributed by atoms with Gasteiger partial charge in [0.2, 0.25) is 17.8 Å². The largest absolute Gasteiger partial charge is 0.384 e. The molecule has 0 saturated carbocycles. The van der Waals surface area contributed by atoms with Gasteiger partial charge in [0.15, 0.2) is 11.5 Å². The Bertz CT molecular complexity index is 2900. The fourth-order valence-corrected chi connectivity index (χ4v) is 11.2. The fourth-order valence-electron chi connectivity index (χ4n) is 11.2. The number of hydrogen-bond acceptors (Lipinski definition) is 14. The van der Waals surface area contributed by atoms with Crippen LogP contribution in [0, 0.1) is 5.92 Å². The average Bonchev–Trinajstić information content (AvgIpc) is 3.78. The number of rotatable bonds is 8. The summed E-state index contributed by atoms with van der Waals surface area (Å²) in [5.41, 5.74) is 3.21. The SMILES string of the molecule is C[C@@]1(O)CC/C=C\Cn2c(=O)c3cnc(Nc4ccc(N5CCN(C6CCN(CC7CCN(c8ccc9c(c8)C(=O)N(C8CCC(=O)NC8=O)C9=O)CC7)CC6)CC5)cc4)nc3n2-c2cccc1n2. The van der Waals surface area contributed by atoms with E-state index in [2.05, 4.69) is 47.3 Å². The number of likely N-dealkylation sites (tertiary alicyclic amines) is 1. The third kappa shape index (κ3) is 8.69. The van der Waals surface area contributed by atoms with Crippen molar-refractivity contribution in [1.82, 2.24) is 44.3 Å². The average molecular weight is 935 g/mol. The maximum Gasteiger partial charge on any atom is 0.278 e. The van der Waals surface area contributed by atoms with Gasteiger partial charge in [-0.1, -0.05) is 18.2 Å². The molecule has 1 unspecified atom stereocenters. The van der Waals surface area contributed by atoms with E-state index in [1.807, 2.05) is 48.6 Å². The van der Waals surface area contributed by atoms with Gasteiger partial charge in [0.1, 0.15) is 17.0 Å². The Labute approximate surface area is 399 Å². The Morgan fingerprint density at radius 3 is 2.29 bits per heavy atom. The molecule has 3 aromatic heterocycles. The van der Waals surface area contributed by atoms with E-state index in [1.54, 1.807) is 34.6 Å². The molecule has 5 aromatic rings. The molecule has 4 amide bonds. The zero-order chi connectivity index (χ0) is 47.4. The van der Waals surface area contributed by atoms with Crippen LogP contribution in [0.1, 0.15) is 84.7 Å². The summed E-state index contributed by atoms with van der Waals surface area (Å²) in [4.78, 5) is 89.6. The maximum absolute atomic E-state index is 13.6. The molecule has 0 radical (unpaired) electrons. The number of nitrogens with zero attached hydrogens (tertiary/aromatic N) is 10. The Hall–Kier alpha value is -6.76. The Morgan fingerprint density at radius 2 is 1.52 bits per heavy atom. The molecule has 2 bridgehead atoms. The van der Waals surface area contributed by atoms with Gasteiger partial charge in [0, 0.05) is 81.5 Å². The van der Waals surface area contributed by atoms with Gasteiger partial charge in [-0.3, -0.25) is 39.1 Å². The molecule has 4 saturated heterocycles. The summed E-state index contributed by atoms with van der Waals surface area (Å²) >= 11 is 0. The highest BCUT2D eigenvalue weighted by Gasteiger charge is 2.45. The molecule has 6 aliphatic heterocycles. The number of allylic oxidation sites excluding steroid dienone is 2. The number of imide groups is 2. The third-order valence-electron chi connectivity index (χ3n) is 15.2. The molecule has 2 atom stereocenters. The second-order valence-electron chi connectivity index (χ2n) is 19.6. The Morgan fingerprint density at radius 1 is 0.783 bits per heavy atom. The van der Waals surface area contributed by atoms with Gasteiger partial charge in [-0.25, -0.2) is 19.3 Å². The van der Waals surface area contributed by atoms with E-state index in [-0.39, 0.29) is 24.3 Å². The normalized spacial score (nSPS) is 23.7. The van der Waals surface area contributed by atoms with E-state index < -0.39 is 29.4 Å². The standard InChI is InChI=1S/C51H58N12O6/c1-51(69)20-3-2-4-21-61-47(66)40-31-52-50(56-45(40)63(61)43-7-5-6-42(51)54-43)53-34-8-10-35(11-9-34)59-26-28-60(29-27-59)36-18-22-57(23-19-36)32-33-16-24-58(25-17-33)37-12-13-38-39(30-37)49(68)62(48(38)67)41-14-15-44(64)55-46(41)65/h2,4-13,30-31,33,36,41,69H,3,14-29,32H2,1H3,(H,52,53,56)(H,55,64,65)/b4-2-/t41?,51-/m1/s1. The first-order chi connectivity index (χ1) is 33.5. The lowest BCUT2D eigenvalue weighted by Gasteiger charge is -2.44. The van der Waals surface area contributed by atoms with Crippen LogP contribution in [-0.4, -0.2) is 139 Å². The number of hydrogen-bond donors (Lipinski definition) is 3. The summed E-state index contributed by atoms with van der Waals surface area (Å²) < 4.78 is 3.33. The summed E-state index contributed by atoms with van der Waals surface area (Å²) in [6, 6.07) is 18.9. The molecule has 3 N–H and O–H groups in total. The van der Waals surface area contributed by atoms with E-state index in [1.165, 1.54) is 18.5 Å². The van der Waals surface area contributed by atoms with Crippen LogP contribution in [0.4, 0.5) is 23.0 Å². The van der Waals surface area contributed by atoms with Crippen LogP contribution in [-0.2, 0) is 21.7 Å². The number of nitrogens with one attached hydrogen (secondary N) is 2. The van der Waals surface area contributed by atoms with E-state index in [0.717, 1.165) is 88.0 Å². The van der Waals surface area contributed by atoms with Gasteiger partial charge in [-0.2, -0.15) is 4.98 Å². The molecule has 358 valence electrons. The van der Waals surface area contributed by atoms with Crippen molar-refractivity contribution in [2.24, 2.45) is 5.92 Å². The maximum atomic E-state index is 13.6. The molecule has 9 heterocycles. The number of fused-ring (bicyclic) bond motifs is 7. The van der Waals surface area contributed by atoms with Crippen molar-refractivity contribution in [3.05, 3.63) is 106 Å². The molecular weight excluding hydrogens is 877 g/mol. The van der Waals surface area contributed by atoms with Crippen LogP contribution in [0.5, 0.6) is 0 Å². The summed E-state index contributed by atoms with van der Waals surface area (Å²) in [6.45, 7) is 11.2. The predicted octanol–water partition coefficient (Wildman–Crippen LogP) is 4.18. The molecule has 0 spiro atoms. The highest BCUT2D eigenvalue weighted by atomic mass is 16.3. The van der Waals surface area contributed by atoms with Crippen LogP contribution in [0.2, 0.25) is 0 Å². The minimum atomic E-state index is -1.12. The number of benzene rings is 2. The summed E-state index contributed by atoms with van der Waals surface area (Å²) in [7, 11) is 0. The molecule has 69 heavy (non-hydrogen) atoms. The van der Waals surface area contributed by atoms with Crippen molar-refractivity contribution in [3.8, 4) is 5.82 Å². The summed E-state index contributed by atoms with van der Waals surface area (Å²) in [5, 5.41) is 17.2. The van der Waals surface area contributed by atoms with Gasteiger partial charge >= 0.3 is 0 Å². The Kier molecular flexibility index (Phi) is 11.9. The van der Waals surface area contributed by atoms with Gasteiger partial charge < -0.3 is 25.1 Å². The molecule has 11 rings (SSSR count). The van der Waals surface area contributed by atoms with Crippen molar-refractivity contribution < 1.29 is 24.3 Å². The van der Waals surface area contributed by atoms with Crippen molar-refractivity contribution >= 4 is 57.7 Å². The number of piperidine rings is 3. The quantitative estimate of drug-likeness (QED) is 0.148. The Balaban J connectivity index is 0.646. The van der Waals surface area contributed by atoms with Crippen molar-refractivity contribution in [2.75, 3.05) is 74.0 Å². The van der Waals surface area contributed by atoms with Crippen molar-refractivity contribution in [1.29, 1.82) is 0 Å². The summed E-state index contributed by atoms with van der Waals surface area (Å²) in [6.07, 6.45) is 11.4. The number of aliphatic hydroxyl groups is 1. The number of anilines is 4. The van der Waals surface area contributed by atoms with Crippen LogP contribution in [0.3, 0.4) is 0 Å². The second-order valence-corrected chi connectivity index (χ2v) is 19.6. The van der Waals surface area contributed by atoms with E-state index in [9.17, 15) is 29.1 Å². The lowest BCUT2D eigenvalue weighted by Crippen LogP contribution is -2.54. The number of piperazine rings is 1. The monoisotopic (exact) mass is 934 g/mol. The van der Waals surface area contributed by atoms with Crippen molar-refractivity contribution in [2.45, 2.75) is 82.5 Å². The second kappa shape index (κ2) is 18.3. The molecule has 18 heteroatoms. The highest BCUT2D eigenvalue weighted by Crippen LogP contribution is 2.34. The first-order valence-corrected chi connectivity index (χ1v) is 24.5. The number of pyridine rings is 1. The van der Waals surface area contributed by atoms with Gasteiger partial charge in [-0.15, -0.1) is 0 Å². The lowest BCUT2D eigenvalue weighted by molar-refractivity contribution is -0.136. The molecule has 18 nitrogen and oxygen atoms in total. The van der Waals surface area contributed by atoms with Crippen molar-refractivity contribution in [3.63, 3.8) is 0 Å². The van der Waals surface area contributed by atoms with Gasteiger partial charge in [-0.05, 0) is 125 Å². The minimum Gasteiger partial charge on any atom is -0.384 e. The molecule has 2 aromatic carbocycles. The molecule has 0 aliphatic carbocycles. The number of carbonyl (C=O) groups is 4. The van der Waals surface area contributed by atoms with Gasteiger partial charge in [0.25, 0.3) is 17.4 Å². The first-order valence-electron chi connectivity index (χ1n) is 24.5. The lowest BCUT2D eigenvalue weighted by atomic mass is 9.93. The van der Waals surface area contributed by atoms with E-state index in [0.29, 0.717) is 71.0 Å². The molecule has 4 fully saturated rings. The third-order valence-corrected chi connectivity index (χ3v) is 15.2. The number of carbonyl (C=O) groups excluding carboxylic acids is 4. The van der Waals surface area contributed by atoms with Gasteiger partial charge in [0.05, 0.1) is 23.4 Å². The van der Waals surface area contributed by atoms with Crippen LogP contribution in [0.25, 0.3) is 16.9 Å². The summed E-state index contributed by atoms with van der Waals surface area (Å²) in [5.74, 6) is -0.454. The highest BCUT2D eigenvalue weighted by molar-refractivity contribution is 6.23. The van der Waals surface area contributed by atoms with E-state index in [4.69, 9.17) is 9.97 Å². The zero-order valence-electron chi connectivity index (χ0n) is 38.9. The number of amides is 4. The predicted molar refractivity (Wildman–Crippen MR) is 260 cm³/mol.